The topological polar surface area (TPSA) is 40.5 Å². The van der Waals surface area contributed by atoms with E-state index in [2.05, 4.69) is 0 Å². The first-order valence-electron chi connectivity index (χ1n) is 6.82. The van der Waals surface area contributed by atoms with E-state index in [1.165, 1.54) is 0 Å². The van der Waals surface area contributed by atoms with Crippen LogP contribution >= 0.6 is 11.8 Å². The van der Waals surface area contributed by atoms with Crippen LogP contribution in [0.5, 0.6) is 0 Å². The molecule has 1 N–H and O–H groups in total. The summed E-state index contributed by atoms with van der Waals surface area (Å²) in [5, 5.41) is 9.48. The minimum absolute atomic E-state index is 0.192. The van der Waals surface area contributed by atoms with Crippen LogP contribution in [0.3, 0.4) is 0 Å². The highest BCUT2D eigenvalue weighted by Gasteiger charge is 2.29. The van der Waals surface area contributed by atoms with E-state index in [0.717, 1.165) is 24.3 Å². The van der Waals surface area contributed by atoms with Crippen LogP contribution < -0.4 is 0 Å². The second-order valence-corrected chi connectivity index (χ2v) is 6.12. The molecule has 1 fully saturated rings. The molecule has 1 amide bonds. The van der Waals surface area contributed by atoms with Gasteiger partial charge in [-0.1, -0.05) is 18.2 Å². The van der Waals surface area contributed by atoms with Crippen LogP contribution in [-0.2, 0) is 4.79 Å². The number of amides is 1. The lowest BCUT2D eigenvalue weighted by atomic mass is 10.1. The van der Waals surface area contributed by atoms with Crippen LogP contribution in [0.25, 0.3) is 0 Å². The van der Waals surface area contributed by atoms with Crippen molar-refractivity contribution in [1.29, 1.82) is 0 Å². The first-order valence-corrected chi connectivity index (χ1v) is 7.81. The third-order valence-electron chi connectivity index (χ3n) is 3.42. The number of carbonyl (C=O) groups excluding carboxylic acids is 1. The Labute approximate surface area is 119 Å². The molecule has 1 saturated heterocycles. The van der Waals surface area contributed by atoms with E-state index in [-0.39, 0.29) is 18.1 Å². The molecule has 19 heavy (non-hydrogen) atoms. The molecule has 0 radical (unpaired) electrons. The zero-order chi connectivity index (χ0) is 13.7. The Morgan fingerprint density at radius 2 is 2.21 bits per heavy atom. The number of carbonyl (C=O) groups is 1. The maximum atomic E-state index is 12.2. The smallest absolute Gasteiger partial charge is 0.233 e. The van der Waals surface area contributed by atoms with Gasteiger partial charge in [-0.15, -0.1) is 11.8 Å². The number of rotatable bonds is 5. The minimum Gasteiger partial charge on any atom is -0.393 e. The van der Waals surface area contributed by atoms with Gasteiger partial charge in [0.05, 0.1) is 11.9 Å². The van der Waals surface area contributed by atoms with Gasteiger partial charge in [0.25, 0.3) is 0 Å². The summed E-state index contributed by atoms with van der Waals surface area (Å²) in [6, 6.07) is 10.2. The molecule has 1 heterocycles. The van der Waals surface area contributed by atoms with Crippen molar-refractivity contribution in [1.82, 2.24) is 4.90 Å². The molecule has 0 saturated carbocycles. The van der Waals surface area contributed by atoms with Crippen LogP contribution in [0, 0.1) is 0 Å². The van der Waals surface area contributed by atoms with Gasteiger partial charge in [-0.25, -0.2) is 0 Å². The second kappa shape index (κ2) is 6.96. The predicted octanol–water partition coefficient (Wildman–Crippen LogP) is 2.54. The maximum Gasteiger partial charge on any atom is 0.233 e. The lowest BCUT2D eigenvalue weighted by Gasteiger charge is -2.25. The summed E-state index contributed by atoms with van der Waals surface area (Å²) in [4.78, 5) is 15.3. The summed E-state index contributed by atoms with van der Waals surface area (Å²) in [6.45, 7) is 2.63. The molecule has 2 rings (SSSR count). The van der Waals surface area contributed by atoms with E-state index >= 15 is 0 Å². The summed E-state index contributed by atoms with van der Waals surface area (Å²) in [5.74, 6) is 0.678. The fourth-order valence-corrected chi connectivity index (χ4v) is 3.35. The highest BCUT2D eigenvalue weighted by atomic mass is 32.2. The third kappa shape index (κ3) is 4.25. The van der Waals surface area contributed by atoms with Gasteiger partial charge in [0.2, 0.25) is 5.91 Å². The van der Waals surface area contributed by atoms with Crippen molar-refractivity contribution in [3.8, 4) is 0 Å². The maximum absolute atomic E-state index is 12.2. The van der Waals surface area contributed by atoms with Gasteiger partial charge < -0.3 is 10.0 Å². The van der Waals surface area contributed by atoms with Crippen molar-refractivity contribution >= 4 is 17.7 Å². The molecule has 3 nitrogen and oxygen atoms in total. The molecule has 0 bridgehead atoms. The van der Waals surface area contributed by atoms with Crippen molar-refractivity contribution in [2.45, 2.75) is 43.2 Å². The molecule has 104 valence electrons. The molecule has 2 atom stereocenters. The molecular formula is C15H21NO2S. The van der Waals surface area contributed by atoms with Crippen molar-refractivity contribution in [3.63, 3.8) is 0 Å². The van der Waals surface area contributed by atoms with Gasteiger partial charge in [-0.05, 0) is 38.3 Å². The number of hydrogen-bond donors (Lipinski definition) is 1. The Balaban J connectivity index is 1.85. The Bertz CT molecular complexity index is 408. The Kier molecular flexibility index (Phi) is 5.28. The molecule has 1 aromatic carbocycles. The molecule has 2 unspecified atom stereocenters. The number of likely N-dealkylation sites (tertiary alicyclic amines) is 1. The monoisotopic (exact) mass is 279 g/mol. The van der Waals surface area contributed by atoms with Crippen molar-refractivity contribution < 1.29 is 9.90 Å². The molecular weight excluding hydrogens is 258 g/mol. The molecule has 0 aliphatic carbocycles. The predicted molar refractivity (Wildman–Crippen MR) is 78.2 cm³/mol. The highest BCUT2D eigenvalue weighted by molar-refractivity contribution is 8.00. The number of thioether (sulfide) groups is 1. The average molecular weight is 279 g/mol. The van der Waals surface area contributed by atoms with E-state index in [0.29, 0.717) is 12.2 Å². The van der Waals surface area contributed by atoms with E-state index < -0.39 is 0 Å². The fourth-order valence-electron chi connectivity index (χ4n) is 2.55. The largest absolute Gasteiger partial charge is 0.393 e. The molecule has 4 heteroatoms. The van der Waals surface area contributed by atoms with Crippen LogP contribution in [0.15, 0.2) is 35.2 Å². The lowest BCUT2D eigenvalue weighted by molar-refractivity contribution is -0.129. The van der Waals surface area contributed by atoms with Crippen molar-refractivity contribution in [3.05, 3.63) is 30.3 Å². The van der Waals surface area contributed by atoms with Gasteiger partial charge in [-0.3, -0.25) is 4.79 Å². The van der Waals surface area contributed by atoms with Crippen LogP contribution in [0.2, 0.25) is 0 Å². The second-order valence-electron chi connectivity index (χ2n) is 5.07. The van der Waals surface area contributed by atoms with Crippen molar-refractivity contribution in [2.24, 2.45) is 0 Å². The Morgan fingerprint density at radius 1 is 1.47 bits per heavy atom. The number of nitrogens with zero attached hydrogens (tertiary/aromatic N) is 1. The number of benzene rings is 1. The third-order valence-corrected chi connectivity index (χ3v) is 4.41. The summed E-state index contributed by atoms with van der Waals surface area (Å²) in [7, 11) is 0. The Hall–Kier alpha value is -1.00. The first-order chi connectivity index (χ1) is 9.16. The fraction of sp³-hybridized carbons (Fsp3) is 0.533. The standard InChI is InChI=1S/C15H21NO2S/c1-12(17)10-13-6-5-9-16(13)15(18)11-19-14-7-3-2-4-8-14/h2-4,7-8,12-13,17H,5-6,9-11H2,1H3. The van der Waals surface area contributed by atoms with Crippen molar-refractivity contribution in [2.75, 3.05) is 12.3 Å². The van der Waals surface area contributed by atoms with Gasteiger partial charge in [0, 0.05) is 17.5 Å². The van der Waals surface area contributed by atoms with Gasteiger partial charge in [-0.2, -0.15) is 0 Å². The zero-order valence-corrected chi connectivity index (χ0v) is 12.1. The molecule has 1 aliphatic rings. The Morgan fingerprint density at radius 3 is 2.89 bits per heavy atom. The van der Waals surface area contributed by atoms with Crippen LogP contribution in [-0.4, -0.2) is 40.4 Å². The lowest BCUT2D eigenvalue weighted by Crippen LogP contribution is -2.38. The molecule has 1 aliphatic heterocycles. The summed E-state index contributed by atoms with van der Waals surface area (Å²) in [6.07, 6.45) is 2.44. The number of aliphatic hydroxyl groups is 1. The highest BCUT2D eigenvalue weighted by Crippen LogP contribution is 2.24. The van der Waals surface area contributed by atoms with E-state index in [9.17, 15) is 9.90 Å². The van der Waals surface area contributed by atoms with Gasteiger partial charge in [0.1, 0.15) is 0 Å². The first kappa shape index (κ1) is 14.4. The van der Waals surface area contributed by atoms with E-state index in [4.69, 9.17) is 0 Å². The number of aliphatic hydroxyl groups excluding tert-OH is 1. The number of hydrogen-bond acceptors (Lipinski definition) is 3. The van der Waals surface area contributed by atoms with E-state index in [1.54, 1.807) is 18.7 Å². The zero-order valence-electron chi connectivity index (χ0n) is 11.3. The SMILES string of the molecule is CC(O)CC1CCCN1C(=O)CSc1ccccc1. The van der Waals surface area contributed by atoms with Gasteiger partial charge in [0.15, 0.2) is 0 Å². The van der Waals surface area contributed by atoms with Gasteiger partial charge >= 0.3 is 0 Å². The summed E-state index contributed by atoms with van der Waals surface area (Å²) in [5.41, 5.74) is 0. The summed E-state index contributed by atoms with van der Waals surface area (Å²) >= 11 is 1.58. The molecule has 0 aromatic heterocycles. The average Bonchev–Trinajstić information content (AvgIpc) is 2.84. The summed E-state index contributed by atoms with van der Waals surface area (Å²) < 4.78 is 0. The van der Waals surface area contributed by atoms with Crippen LogP contribution in [0.1, 0.15) is 26.2 Å². The molecule has 1 aromatic rings. The minimum atomic E-state index is -0.333. The quantitative estimate of drug-likeness (QED) is 0.842. The van der Waals surface area contributed by atoms with Crippen LogP contribution in [0.4, 0.5) is 0 Å². The van der Waals surface area contributed by atoms with E-state index in [1.807, 2.05) is 35.2 Å². The normalized spacial score (nSPS) is 20.5. The molecule has 0 spiro atoms.